The third-order valence-corrected chi connectivity index (χ3v) is 2.99. The van der Waals surface area contributed by atoms with Crippen molar-refractivity contribution in [1.82, 2.24) is 0 Å². The number of halogens is 14. The van der Waals surface area contributed by atoms with Crippen LogP contribution in [0.4, 0.5) is 61.5 Å². The topological polar surface area (TPSA) is 46.5 Å². The Kier molecular flexibility index (Phi) is 6.71. The zero-order valence-electron chi connectivity index (χ0n) is 12.0. The number of alkyl halides is 14. The van der Waals surface area contributed by atoms with E-state index in [9.17, 15) is 66.3 Å². The fourth-order valence-electron chi connectivity index (χ4n) is 1.47. The number of ether oxygens (including phenoxy) is 1. The SMILES string of the molecule is O=C(OC(CCO)(C(F)(F)F)C(F)(F)F)C(F)(F)C(F)(F)C(F)(F)C(F)F. The summed E-state index contributed by atoms with van der Waals surface area (Å²) in [5.41, 5.74) is -6.01. The summed E-state index contributed by atoms with van der Waals surface area (Å²) in [5, 5.41) is 8.26. The molecule has 0 aliphatic carbocycles. The summed E-state index contributed by atoms with van der Waals surface area (Å²) in [7, 11) is 0. The first-order valence-electron chi connectivity index (χ1n) is 6.03. The second-order valence-corrected chi connectivity index (χ2v) is 4.76. The van der Waals surface area contributed by atoms with Crippen LogP contribution in [0, 0.1) is 0 Å². The number of carbonyl (C=O) groups excluding carboxylic acids is 1. The van der Waals surface area contributed by atoms with E-state index in [0.717, 1.165) is 0 Å². The monoisotopic (exact) mass is 440 g/mol. The van der Waals surface area contributed by atoms with Gasteiger partial charge in [0, 0.05) is 13.0 Å². The van der Waals surface area contributed by atoms with Gasteiger partial charge in [-0.15, -0.1) is 0 Å². The van der Waals surface area contributed by atoms with E-state index in [4.69, 9.17) is 5.11 Å². The average molecular weight is 440 g/mol. The van der Waals surface area contributed by atoms with Gasteiger partial charge in [0.25, 0.3) is 0 Å². The molecule has 0 radical (unpaired) electrons. The van der Waals surface area contributed by atoms with Gasteiger partial charge in [0.05, 0.1) is 0 Å². The van der Waals surface area contributed by atoms with Crippen molar-refractivity contribution in [2.75, 3.05) is 6.61 Å². The van der Waals surface area contributed by atoms with E-state index in [1.165, 1.54) is 0 Å². The summed E-state index contributed by atoms with van der Waals surface area (Å²) < 4.78 is 179. The zero-order valence-corrected chi connectivity index (χ0v) is 12.0. The summed E-state index contributed by atoms with van der Waals surface area (Å²) in [6, 6.07) is 0. The molecule has 0 atom stereocenters. The summed E-state index contributed by atoms with van der Waals surface area (Å²) >= 11 is 0. The fourth-order valence-corrected chi connectivity index (χ4v) is 1.47. The van der Waals surface area contributed by atoms with Crippen LogP contribution >= 0.6 is 0 Å². The first-order chi connectivity index (χ1) is 11.6. The van der Waals surface area contributed by atoms with Crippen LogP contribution in [0.2, 0.25) is 0 Å². The molecule has 0 amide bonds. The van der Waals surface area contributed by atoms with Crippen LogP contribution in [0.3, 0.4) is 0 Å². The standard InChI is InChI=1S/C10H6F14O3/c11-3(12)6(13,14)8(17,18)7(15,16)4(26)27-5(1-2-25,9(19,20)21)10(22,23)24/h3,25H,1-2H2. The largest absolute Gasteiger partial charge is 0.437 e. The van der Waals surface area contributed by atoms with E-state index in [2.05, 4.69) is 4.74 Å². The summed E-state index contributed by atoms with van der Waals surface area (Å²) in [6.07, 6.45) is -22.0. The van der Waals surface area contributed by atoms with Gasteiger partial charge in [-0.2, -0.15) is 52.7 Å². The van der Waals surface area contributed by atoms with Crippen LogP contribution in [-0.2, 0) is 9.53 Å². The number of esters is 1. The van der Waals surface area contributed by atoms with Crippen LogP contribution in [-0.4, -0.2) is 59.8 Å². The minimum absolute atomic E-state index is 2.15. The van der Waals surface area contributed by atoms with Crippen LogP contribution in [0.15, 0.2) is 0 Å². The number of hydrogen-bond acceptors (Lipinski definition) is 3. The molecule has 0 saturated carbocycles. The molecule has 3 nitrogen and oxygen atoms in total. The van der Waals surface area contributed by atoms with Gasteiger partial charge in [0.1, 0.15) is 0 Å². The van der Waals surface area contributed by atoms with Gasteiger partial charge in [0.2, 0.25) is 0 Å². The maximum Gasteiger partial charge on any atom is 0.437 e. The Morgan fingerprint density at radius 2 is 1.19 bits per heavy atom. The fraction of sp³-hybridized carbons (Fsp3) is 0.900. The van der Waals surface area contributed by atoms with Crippen LogP contribution in [0.25, 0.3) is 0 Å². The predicted octanol–water partition coefficient (Wildman–Crippen LogP) is 3.95. The number of hydrogen-bond donors (Lipinski definition) is 1. The molecule has 0 unspecified atom stereocenters. The maximum atomic E-state index is 13.2. The zero-order chi connectivity index (χ0) is 22.3. The van der Waals surface area contributed by atoms with Gasteiger partial charge >= 0.3 is 48.1 Å². The smallest absolute Gasteiger partial charge is 0.435 e. The first kappa shape index (κ1) is 25.4. The average Bonchev–Trinajstić information content (AvgIpc) is 2.43. The van der Waals surface area contributed by atoms with E-state index in [1.54, 1.807) is 0 Å². The van der Waals surface area contributed by atoms with Gasteiger partial charge in [-0.25, -0.2) is 13.6 Å². The van der Waals surface area contributed by atoms with Crippen molar-refractivity contribution >= 4 is 5.97 Å². The lowest BCUT2D eigenvalue weighted by Crippen LogP contribution is -2.65. The molecule has 0 aliphatic rings. The molecule has 17 heteroatoms. The van der Waals surface area contributed by atoms with Crippen molar-refractivity contribution in [3.05, 3.63) is 0 Å². The van der Waals surface area contributed by atoms with E-state index >= 15 is 0 Å². The molecule has 162 valence electrons. The van der Waals surface area contributed by atoms with Crippen LogP contribution < -0.4 is 0 Å². The van der Waals surface area contributed by atoms with Crippen molar-refractivity contribution in [3.63, 3.8) is 0 Å². The molecular weight excluding hydrogens is 434 g/mol. The van der Waals surface area contributed by atoms with Gasteiger partial charge in [-0.05, 0) is 0 Å². The molecule has 0 aromatic rings. The predicted molar refractivity (Wildman–Crippen MR) is 53.5 cm³/mol. The van der Waals surface area contributed by atoms with Crippen LogP contribution in [0.5, 0.6) is 0 Å². The van der Waals surface area contributed by atoms with E-state index in [0.29, 0.717) is 0 Å². The van der Waals surface area contributed by atoms with Crippen molar-refractivity contribution < 1.29 is 76.1 Å². The number of rotatable bonds is 7. The highest BCUT2D eigenvalue weighted by Crippen LogP contribution is 2.52. The molecule has 27 heavy (non-hydrogen) atoms. The minimum Gasteiger partial charge on any atom is -0.435 e. The lowest BCUT2D eigenvalue weighted by Gasteiger charge is -2.38. The molecule has 0 heterocycles. The number of aliphatic hydroxyl groups excluding tert-OH is 1. The Morgan fingerprint density at radius 3 is 1.44 bits per heavy atom. The highest BCUT2D eigenvalue weighted by Gasteiger charge is 2.81. The number of aliphatic hydroxyl groups is 1. The maximum absolute atomic E-state index is 13.2. The Bertz CT molecular complexity index is 520. The van der Waals surface area contributed by atoms with Gasteiger partial charge in [0.15, 0.2) is 0 Å². The molecule has 0 aliphatic heterocycles. The Morgan fingerprint density at radius 1 is 0.815 bits per heavy atom. The van der Waals surface area contributed by atoms with E-state index in [1.807, 2.05) is 0 Å². The summed E-state index contributed by atoms with van der Waals surface area (Å²) in [6.45, 7) is -2.15. The van der Waals surface area contributed by atoms with E-state index in [-0.39, 0.29) is 0 Å². The third-order valence-electron chi connectivity index (χ3n) is 2.99. The van der Waals surface area contributed by atoms with Crippen molar-refractivity contribution in [2.45, 2.75) is 48.6 Å². The summed E-state index contributed by atoms with van der Waals surface area (Å²) in [5.74, 6) is -26.2. The highest BCUT2D eigenvalue weighted by molar-refractivity contribution is 5.80. The van der Waals surface area contributed by atoms with E-state index < -0.39 is 61.1 Å². The first-order valence-corrected chi connectivity index (χ1v) is 6.03. The minimum atomic E-state index is -7.44. The number of carbonyl (C=O) groups is 1. The highest BCUT2D eigenvalue weighted by atomic mass is 19.4. The Hall–Kier alpha value is -1.55. The molecule has 0 fully saturated rings. The molecule has 0 bridgehead atoms. The second-order valence-electron chi connectivity index (χ2n) is 4.76. The molecular formula is C10H6F14O3. The lowest BCUT2D eigenvalue weighted by atomic mass is 9.97. The van der Waals surface area contributed by atoms with Gasteiger partial charge in [-0.3, -0.25) is 0 Å². The molecule has 0 aromatic heterocycles. The normalized spacial score (nSPS) is 15.3. The molecule has 0 rings (SSSR count). The molecule has 0 aromatic carbocycles. The Balaban J connectivity index is 6.29. The van der Waals surface area contributed by atoms with Gasteiger partial charge in [-0.1, -0.05) is 0 Å². The quantitative estimate of drug-likeness (QED) is 0.482. The summed E-state index contributed by atoms with van der Waals surface area (Å²) in [4.78, 5) is 10.9. The third kappa shape index (κ3) is 4.01. The molecule has 0 spiro atoms. The molecule has 1 N–H and O–H groups in total. The van der Waals surface area contributed by atoms with Gasteiger partial charge < -0.3 is 9.84 Å². The molecule has 0 saturated heterocycles. The van der Waals surface area contributed by atoms with Crippen LogP contribution in [0.1, 0.15) is 6.42 Å². The van der Waals surface area contributed by atoms with Crippen molar-refractivity contribution in [2.24, 2.45) is 0 Å². The second kappa shape index (κ2) is 7.12. The van der Waals surface area contributed by atoms with Crippen molar-refractivity contribution in [1.29, 1.82) is 0 Å². The van der Waals surface area contributed by atoms with Crippen molar-refractivity contribution in [3.8, 4) is 0 Å². The lowest BCUT2D eigenvalue weighted by molar-refractivity contribution is -0.384. The Labute approximate surface area is 138 Å².